The lowest BCUT2D eigenvalue weighted by molar-refractivity contribution is 0.157. The second-order valence-corrected chi connectivity index (χ2v) is 10.5. The Morgan fingerprint density at radius 3 is 1.72 bits per heavy atom. The van der Waals surface area contributed by atoms with Gasteiger partial charge in [-0.05, 0) is 110 Å². The first kappa shape index (κ1) is 23.3. The fraction of sp³-hybridized carbons (Fsp3) is 0.548. The molecule has 0 unspecified atom stereocenters. The molecule has 0 amide bonds. The van der Waals surface area contributed by atoms with Gasteiger partial charge in [-0.3, -0.25) is 0 Å². The number of hydrogen-bond acceptors (Lipinski definition) is 0. The van der Waals surface area contributed by atoms with Crippen molar-refractivity contribution in [2.24, 2.45) is 17.8 Å². The minimum atomic E-state index is -0.374. The van der Waals surface area contributed by atoms with Crippen LogP contribution in [0.3, 0.4) is 0 Å². The Labute approximate surface area is 195 Å². The van der Waals surface area contributed by atoms with Crippen molar-refractivity contribution in [1.82, 2.24) is 0 Å². The maximum atomic E-state index is 12.7. The molecule has 0 bridgehead atoms. The summed E-state index contributed by atoms with van der Waals surface area (Å²) in [5.41, 5.74) is 5.02. The van der Waals surface area contributed by atoms with Gasteiger partial charge >= 0.3 is 0 Å². The van der Waals surface area contributed by atoms with Crippen LogP contribution >= 0.6 is 0 Å². The predicted molar refractivity (Wildman–Crippen MR) is 135 cm³/mol. The predicted octanol–water partition coefficient (Wildman–Crippen LogP) is 8.99. The third-order valence-electron chi connectivity index (χ3n) is 8.44. The Morgan fingerprint density at radius 2 is 1.19 bits per heavy atom. The lowest BCUT2D eigenvalue weighted by atomic mass is 9.68. The SMILES string of the molecule is C=CCC[C@H]1CC[C@H]([C@H]2CC[C@H](c3ccc(CCc4ccc(CF)cc4)cc3)CC2)CC1. The van der Waals surface area contributed by atoms with E-state index in [0.29, 0.717) is 0 Å². The van der Waals surface area contributed by atoms with Gasteiger partial charge in [0.15, 0.2) is 0 Å². The molecule has 0 aliphatic heterocycles. The molecule has 0 saturated heterocycles. The van der Waals surface area contributed by atoms with Crippen LogP contribution in [0.15, 0.2) is 61.2 Å². The van der Waals surface area contributed by atoms with E-state index in [4.69, 9.17) is 0 Å². The van der Waals surface area contributed by atoms with Crippen LogP contribution in [-0.2, 0) is 19.5 Å². The molecule has 0 aromatic heterocycles. The standard InChI is InChI=1S/C31H41F/c1-2-3-4-24-11-15-28(16-12-24)30-19-21-31(22-20-30)29-17-13-26(14-18-29)6-5-25-7-9-27(23-32)10-8-25/h2,7-10,13-14,17-18,24,28,30-31H,1,3-6,11-12,15-16,19-23H2/t24-,28-,30-,31-. The van der Waals surface area contributed by atoms with E-state index in [1.165, 1.54) is 75.3 Å². The normalized spacial score (nSPS) is 26.0. The first-order valence-corrected chi connectivity index (χ1v) is 13.1. The Kier molecular flexibility index (Phi) is 8.60. The van der Waals surface area contributed by atoms with Crippen molar-refractivity contribution in [3.05, 3.63) is 83.4 Å². The van der Waals surface area contributed by atoms with Crippen molar-refractivity contribution >= 4 is 0 Å². The van der Waals surface area contributed by atoms with Crippen molar-refractivity contribution < 1.29 is 4.39 Å². The van der Waals surface area contributed by atoms with Crippen LogP contribution in [0, 0.1) is 17.8 Å². The second kappa shape index (κ2) is 11.8. The average Bonchev–Trinajstić information content (AvgIpc) is 2.87. The van der Waals surface area contributed by atoms with Crippen LogP contribution in [0.2, 0.25) is 0 Å². The summed E-state index contributed by atoms with van der Waals surface area (Å²) < 4.78 is 12.7. The number of rotatable bonds is 9. The van der Waals surface area contributed by atoms with Gasteiger partial charge in [0.2, 0.25) is 0 Å². The molecule has 0 radical (unpaired) electrons. The molecule has 0 spiro atoms. The maximum Gasteiger partial charge on any atom is 0.115 e. The zero-order chi connectivity index (χ0) is 22.2. The average molecular weight is 433 g/mol. The molecule has 0 N–H and O–H groups in total. The number of benzene rings is 2. The van der Waals surface area contributed by atoms with Gasteiger partial charge in [0.1, 0.15) is 6.67 Å². The third-order valence-corrected chi connectivity index (χ3v) is 8.44. The fourth-order valence-electron chi connectivity index (χ4n) is 6.27. The molecule has 2 fully saturated rings. The summed E-state index contributed by atoms with van der Waals surface area (Å²) in [7, 11) is 0. The highest BCUT2D eigenvalue weighted by Crippen LogP contribution is 2.44. The largest absolute Gasteiger partial charge is 0.246 e. The molecule has 2 saturated carbocycles. The van der Waals surface area contributed by atoms with Crippen LogP contribution in [0.25, 0.3) is 0 Å². The molecule has 32 heavy (non-hydrogen) atoms. The Hall–Kier alpha value is -1.89. The monoisotopic (exact) mass is 432 g/mol. The van der Waals surface area contributed by atoms with Gasteiger partial charge in [0, 0.05) is 0 Å². The number of aryl methyl sites for hydroxylation is 2. The summed E-state index contributed by atoms with van der Waals surface area (Å²) in [5, 5.41) is 0. The third kappa shape index (κ3) is 6.33. The molecule has 2 aliphatic rings. The Balaban J connectivity index is 1.20. The van der Waals surface area contributed by atoms with E-state index in [0.717, 1.165) is 42.1 Å². The van der Waals surface area contributed by atoms with Crippen molar-refractivity contribution in [3.8, 4) is 0 Å². The van der Waals surface area contributed by atoms with Gasteiger partial charge in [-0.25, -0.2) is 4.39 Å². The fourth-order valence-corrected chi connectivity index (χ4v) is 6.27. The molecule has 2 aliphatic carbocycles. The molecule has 172 valence electrons. The summed E-state index contributed by atoms with van der Waals surface area (Å²) in [4.78, 5) is 0. The second-order valence-electron chi connectivity index (χ2n) is 10.5. The number of hydrogen-bond donors (Lipinski definition) is 0. The smallest absolute Gasteiger partial charge is 0.115 e. The summed E-state index contributed by atoms with van der Waals surface area (Å²) in [6.07, 6.45) is 18.2. The molecule has 2 aromatic carbocycles. The van der Waals surface area contributed by atoms with Crippen LogP contribution in [0.1, 0.15) is 92.4 Å². The van der Waals surface area contributed by atoms with E-state index >= 15 is 0 Å². The maximum absolute atomic E-state index is 12.7. The van der Waals surface area contributed by atoms with Crippen molar-refractivity contribution in [3.63, 3.8) is 0 Å². The molecule has 0 heterocycles. The van der Waals surface area contributed by atoms with Crippen LogP contribution in [-0.4, -0.2) is 0 Å². The Morgan fingerprint density at radius 1 is 0.688 bits per heavy atom. The van der Waals surface area contributed by atoms with Crippen LogP contribution < -0.4 is 0 Å². The topological polar surface area (TPSA) is 0 Å². The highest BCUT2D eigenvalue weighted by molar-refractivity contribution is 5.28. The summed E-state index contributed by atoms with van der Waals surface area (Å²) in [6, 6.07) is 17.4. The van der Waals surface area contributed by atoms with Gasteiger partial charge in [-0.1, -0.05) is 67.4 Å². The first-order chi connectivity index (χ1) is 15.7. The number of allylic oxidation sites excluding steroid dienone is 1. The highest BCUT2D eigenvalue weighted by atomic mass is 19.1. The summed E-state index contributed by atoms with van der Waals surface area (Å²) >= 11 is 0. The van der Waals surface area contributed by atoms with Crippen LogP contribution in [0.5, 0.6) is 0 Å². The Bertz CT molecular complexity index is 803. The number of alkyl halides is 1. The van der Waals surface area contributed by atoms with Crippen molar-refractivity contribution in [2.45, 2.75) is 89.6 Å². The van der Waals surface area contributed by atoms with E-state index in [1.54, 1.807) is 5.56 Å². The molecule has 2 aromatic rings. The van der Waals surface area contributed by atoms with Gasteiger partial charge in [-0.15, -0.1) is 6.58 Å². The van der Waals surface area contributed by atoms with Gasteiger partial charge in [-0.2, -0.15) is 0 Å². The first-order valence-electron chi connectivity index (χ1n) is 13.1. The van der Waals surface area contributed by atoms with Crippen molar-refractivity contribution in [2.75, 3.05) is 0 Å². The van der Waals surface area contributed by atoms with E-state index in [1.807, 2.05) is 12.1 Å². The zero-order valence-corrected chi connectivity index (χ0v) is 19.8. The lowest BCUT2D eigenvalue weighted by Gasteiger charge is -2.38. The van der Waals surface area contributed by atoms with E-state index in [9.17, 15) is 4.39 Å². The summed E-state index contributed by atoms with van der Waals surface area (Å²) in [5.74, 6) is 3.71. The van der Waals surface area contributed by atoms with E-state index in [-0.39, 0.29) is 6.67 Å². The number of halogens is 1. The van der Waals surface area contributed by atoms with Crippen LogP contribution in [0.4, 0.5) is 4.39 Å². The minimum absolute atomic E-state index is 0.374. The molecule has 0 atom stereocenters. The molecule has 4 rings (SSSR count). The van der Waals surface area contributed by atoms with Crippen molar-refractivity contribution in [1.29, 1.82) is 0 Å². The lowest BCUT2D eigenvalue weighted by Crippen LogP contribution is -2.25. The molecule has 1 heteroatoms. The summed E-state index contributed by atoms with van der Waals surface area (Å²) in [6.45, 7) is 3.51. The minimum Gasteiger partial charge on any atom is -0.246 e. The van der Waals surface area contributed by atoms with E-state index in [2.05, 4.69) is 49.1 Å². The molecular weight excluding hydrogens is 391 g/mol. The zero-order valence-electron chi connectivity index (χ0n) is 19.8. The molecular formula is C31H41F. The van der Waals surface area contributed by atoms with Gasteiger partial charge < -0.3 is 0 Å². The molecule has 0 nitrogen and oxygen atoms in total. The highest BCUT2D eigenvalue weighted by Gasteiger charge is 2.31. The van der Waals surface area contributed by atoms with Gasteiger partial charge in [0.05, 0.1) is 0 Å². The van der Waals surface area contributed by atoms with E-state index < -0.39 is 0 Å². The van der Waals surface area contributed by atoms with Gasteiger partial charge in [0.25, 0.3) is 0 Å². The quantitative estimate of drug-likeness (QED) is 0.347.